The highest BCUT2D eigenvalue weighted by Crippen LogP contribution is 2.15. The third-order valence-electron chi connectivity index (χ3n) is 4.15. The number of likely N-dealkylation sites (N-methyl/N-ethyl adjacent to an activating group) is 1. The maximum absolute atomic E-state index is 13.0. The molecule has 0 aliphatic carbocycles. The van der Waals surface area contributed by atoms with Crippen molar-refractivity contribution < 1.29 is 4.39 Å². The predicted molar refractivity (Wildman–Crippen MR) is 105 cm³/mol. The van der Waals surface area contributed by atoms with Crippen molar-refractivity contribution in [3.63, 3.8) is 0 Å². The van der Waals surface area contributed by atoms with Gasteiger partial charge < -0.3 is 15.1 Å². The van der Waals surface area contributed by atoms with E-state index in [0.29, 0.717) is 12.6 Å². The average molecular weight is 434 g/mol. The van der Waals surface area contributed by atoms with Gasteiger partial charge >= 0.3 is 0 Å². The molecule has 1 atom stereocenters. The summed E-state index contributed by atoms with van der Waals surface area (Å²) in [7, 11) is 4.19. The molecule has 1 saturated heterocycles. The van der Waals surface area contributed by atoms with E-state index in [-0.39, 0.29) is 29.8 Å². The van der Waals surface area contributed by atoms with Crippen LogP contribution in [0.2, 0.25) is 0 Å². The Balaban J connectivity index is 0.00000264. The standard InChI is InChI=1S/C17H27FN4.HI/c1-4-19-17(20-12-16-6-5-11-21(16)2)22(3)13-14-7-9-15(18)10-8-14;/h7-10,16H,4-6,11-13H2,1-3H3,(H,19,20);1H. The quantitative estimate of drug-likeness (QED) is 0.439. The summed E-state index contributed by atoms with van der Waals surface area (Å²) in [6.07, 6.45) is 2.49. The van der Waals surface area contributed by atoms with Crippen molar-refractivity contribution in [2.45, 2.75) is 32.4 Å². The number of nitrogens with zero attached hydrogens (tertiary/aromatic N) is 3. The van der Waals surface area contributed by atoms with Crippen LogP contribution in [0.25, 0.3) is 0 Å². The van der Waals surface area contributed by atoms with E-state index < -0.39 is 0 Å². The highest BCUT2D eigenvalue weighted by molar-refractivity contribution is 14.0. The van der Waals surface area contributed by atoms with Gasteiger partial charge in [-0.15, -0.1) is 24.0 Å². The summed E-state index contributed by atoms with van der Waals surface area (Å²) >= 11 is 0. The fraction of sp³-hybridized carbons (Fsp3) is 0.588. The Morgan fingerprint density at radius 2 is 2.09 bits per heavy atom. The van der Waals surface area contributed by atoms with Gasteiger partial charge in [0.1, 0.15) is 5.82 Å². The van der Waals surface area contributed by atoms with Crippen molar-refractivity contribution in [1.82, 2.24) is 15.1 Å². The number of halogens is 2. The number of rotatable bonds is 5. The highest BCUT2D eigenvalue weighted by atomic mass is 127. The Bertz CT molecular complexity index is 492. The van der Waals surface area contributed by atoms with E-state index in [1.54, 1.807) is 0 Å². The van der Waals surface area contributed by atoms with Crippen molar-refractivity contribution in [3.05, 3.63) is 35.6 Å². The Hall–Kier alpha value is -0.890. The molecule has 0 saturated carbocycles. The van der Waals surface area contributed by atoms with Crippen LogP contribution in [-0.2, 0) is 6.54 Å². The number of aliphatic imine (C=N–C) groups is 1. The normalized spacial score (nSPS) is 18.6. The molecule has 6 heteroatoms. The zero-order chi connectivity index (χ0) is 15.9. The summed E-state index contributed by atoms with van der Waals surface area (Å²) < 4.78 is 13.0. The van der Waals surface area contributed by atoms with Gasteiger partial charge in [-0.1, -0.05) is 12.1 Å². The molecule has 1 heterocycles. The molecule has 23 heavy (non-hydrogen) atoms. The topological polar surface area (TPSA) is 30.9 Å². The van der Waals surface area contributed by atoms with Gasteiger partial charge in [0.15, 0.2) is 5.96 Å². The van der Waals surface area contributed by atoms with Crippen LogP contribution in [0.3, 0.4) is 0 Å². The van der Waals surface area contributed by atoms with Crippen LogP contribution in [0.4, 0.5) is 4.39 Å². The van der Waals surface area contributed by atoms with Crippen molar-refractivity contribution in [3.8, 4) is 0 Å². The lowest BCUT2D eigenvalue weighted by atomic mass is 10.2. The molecule has 130 valence electrons. The first-order chi connectivity index (χ1) is 10.6. The van der Waals surface area contributed by atoms with Crippen molar-refractivity contribution in [1.29, 1.82) is 0 Å². The molecule has 2 rings (SSSR count). The third-order valence-corrected chi connectivity index (χ3v) is 4.15. The Morgan fingerprint density at radius 1 is 1.39 bits per heavy atom. The summed E-state index contributed by atoms with van der Waals surface area (Å²) in [5.41, 5.74) is 1.08. The van der Waals surface area contributed by atoms with Gasteiger partial charge in [0.2, 0.25) is 0 Å². The summed E-state index contributed by atoms with van der Waals surface area (Å²) in [5.74, 6) is 0.711. The second kappa shape index (κ2) is 10.1. The monoisotopic (exact) mass is 434 g/mol. The Kier molecular flexibility index (Phi) is 8.83. The number of benzene rings is 1. The van der Waals surface area contributed by atoms with Crippen molar-refractivity contribution in [2.24, 2.45) is 4.99 Å². The minimum atomic E-state index is -0.198. The lowest BCUT2D eigenvalue weighted by Gasteiger charge is -2.24. The molecule has 1 unspecified atom stereocenters. The second-order valence-electron chi connectivity index (χ2n) is 5.95. The van der Waals surface area contributed by atoms with E-state index in [1.807, 2.05) is 19.2 Å². The lowest BCUT2D eigenvalue weighted by molar-refractivity contribution is 0.316. The molecule has 1 fully saturated rings. The van der Waals surface area contributed by atoms with Gasteiger partial charge in [-0.3, -0.25) is 4.99 Å². The first-order valence-corrected chi connectivity index (χ1v) is 8.04. The van der Waals surface area contributed by atoms with Crippen LogP contribution in [-0.4, -0.2) is 55.5 Å². The smallest absolute Gasteiger partial charge is 0.194 e. The number of hydrogen-bond acceptors (Lipinski definition) is 2. The molecule has 0 bridgehead atoms. The van der Waals surface area contributed by atoms with Crippen LogP contribution >= 0.6 is 24.0 Å². The van der Waals surface area contributed by atoms with Crippen LogP contribution in [0.1, 0.15) is 25.3 Å². The van der Waals surface area contributed by atoms with E-state index in [2.05, 4.69) is 29.1 Å². The van der Waals surface area contributed by atoms with E-state index in [4.69, 9.17) is 4.99 Å². The largest absolute Gasteiger partial charge is 0.357 e. The van der Waals surface area contributed by atoms with Crippen molar-refractivity contribution in [2.75, 3.05) is 33.7 Å². The molecule has 1 aliphatic heterocycles. The maximum atomic E-state index is 13.0. The molecule has 1 aliphatic rings. The molecule has 1 N–H and O–H groups in total. The Labute approximate surface area is 156 Å². The molecule has 1 aromatic rings. The zero-order valence-electron chi connectivity index (χ0n) is 14.3. The van der Waals surface area contributed by atoms with E-state index in [9.17, 15) is 4.39 Å². The SMILES string of the molecule is CCNC(=NCC1CCCN1C)N(C)Cc1ccc(F)cc1.I. The van der Waals surface area contributed by atoms with Gasteiger partial charge in [0, 0.05) is 26.2 Å². The average Bonchev–Trinajstić information content (AvgIpc) is 2.91. The van der Waals surface area contributed by atoms with Crippen LogP contribution < -0.4 is 5.32 Å². The van der Waals surface area contributed by atoms with Gasteiger partial charge in [-0.05, 0) is 51.1 Å². The van der Waals surface area contributed by atoms with E-state index in [0.717, 1.165) is 24.6 Å². The molecule has 4 nitrogen and oxygen atoms in total. The minimum Gasteiger partial charge on any atom is -0.357 e. The van der Waals surface area contributed by atoms with Crippen molar-refractivity contribution >= 4 is 29.9 Å². The van der Waals surface area contributed by atoms with Crippen LogP contribution in [0.15, 0.2) is 29.3 Å². The summed E-state index contributed by atoms with van der Waals surface area (Å²) in [4.78, 5) is 9.25. The summed E-state index contributed by atoms with van der Waals surface area (Å²) in [6, 6.07) is 7.19. The Morgan fingerprint density at radius 3 is 2.65 bits per heavy atom. The zero-order valence-corrected chi connectivity index (χ0v) is 16.6. The lowest BCUT2D eigenvalue weighted by Crippen LogP contribution is -2.39. The summed E-state index contributed by atoms with van der Waals surface area (Å²) in [6.45, 7) is 5.62. The predicted octanol–water partition coefficient (Wildman–Crippen LogP) is 2.94. The van der Waals surface area contributed by atoms with Gasteiger partial charge in [-0.25, -0.2) is 4.39 Å². The van der Waals surface area contributed by atoms with Gasteiger partial charge in [0.25, 0.3) is 0 Å². The number of nitrogens with one attached hydrogen (secondary N) is 1. The van der Waals surface area contributed by atoms with E-state index >= 15 is 0 Å². The fourth-order valence-corrected chi connectivity index (χ4v) is 2.81. The van der Waals surface area contributed by atoms with Gasteiger partial charge in [0.05, 0.1) is 6.54 Å². The maximum Gasteiger partial charge on any atom is 0.194 e. The number of hydrogen-bond donors (Lipinski definition) is 1. The molecule has 0 amide bonds. The first kappa shape index (κ1) is 20.2. The molecular weight excluding hydrogens is 406 g/mol. The number of likely N-dealkylation sites (tertiary alicyclic amines) is 1. The fourth-order valence-electron chi connectivity index (χ4n) is 2.81. The highest BCUT2D eigenvalue weighted by Gasteiger charge is 2.20. The van der Waals surface area contributed by atoms with Gasteiger partial charge in [-0.2, -0.15) is 0 Å². The minimum absolute atomic E-state index is 0. The third kappa shape index (κ3) is 6.25. The summed E-state index contributed by atoms with van der Waals surface area (Å²) in [5, 5.41) is 3.34. The number of guanidine groups is 1. The first-order valence-electron chi connectivity index (χ1n) is 8.04. The van der Waals surface area contributed by atoms with Crippen LogP contribution in [0, 0.1) is 5.82 Å². The van der Waals surface area contributed by atoms with E-state index in [1.165, 1.54) is 31.5 Å². The molecule has 0 radical (unpaired) electrons. The molecule has 0 aromatic heterocycles. The molecular formula is C17H28FIN4. The molecule has 1 aromatic carbocycles. The molecule has 0 spiro atoms. The van der Waals surface area contributed by atoms with Crippen LogP contribution in [0.5, 0.6) is 0 Å². The second-order valence-corrected chi connectivity index (χ2v) is 5.95.